The third-order valence-corrected chi connectivity index (χ3v) is 7.29. The first kappa shape index (κ1) is 25.7. The number of hydrogen-bond acceptors (Lipinski definition) is 5. The summed E-state index contributed by atoms with van der Waals surface area (Å²) in [7, 11) is -3.85. The molecule has 3 aromatic rings. The molecule has 1 saturated heterocycles. The van der Waals surface area contributed by atoms with E-state index >= 15 is 0 Å². The van der Waals surface area contributed by atoms with Crippen LogP contribution in [0.5, 0.6) is 0 Å². The van der Waals surface area contributed by atoms with Crippen LogP contribution in [0.1, 0.15) is 22.3 Å². The van der Waals surface area contributed by atoms with E-state index in [0.29, 0.717) is 11.3 Å². The average Bonchev–Trinajstić information content (AvgIpc) is 3.13. The van der Waals surface area contributed by atoms with Crippen molar-refractivity contribution in [2.45, 2.75) is 23.8 Å². The highest BCUT2D eigenvalue weighted by Gasteiger charge is 2.44. The lowest BCUT2D eigenvalue weighted by Crippen LogP contribution is -2.46. The first-order valence-corrected chi connectivity index (χ1v) is 13.2. The van der Waals surface area contributed by atoms with Crippen LogP contribution in [-0.4, -0.2) is 43.6 Å². The van der Waals surface area contributed by atoms with E-state index in [2.05, 4.69) is 15.9 Å². The highest BCUT2D eigenvalue weighted by Crippen LogP contribution is 2.28. The van der Waals surface area contributed by atoms with Crippen molar-refractivity contribution in [1.29, 1.82) is 0 Å². The SMILES string of the molecule is NS(=O)(=O)c1ccc(CCN(C(=O)c2ccc(F)cc2)C2CC(=O)N(c3ccc(Br)cc3)C2=O)cc1. The van der Waals surface area contributed by atoms with Gasteiger partial charge in [-0.2, -0.15) is 0 Å². The predicted molar refractivity (Wildman–Crippen MR) is 134 cm³/mol. The fraction of sp³-hybridized carbons (Fsp3) is 0.160. The molecule has 1 aliphatic rings. The van der Waals surface area contributed by atoms with Crippen molar-refractivity contribution in [3.8, 4) is 0 Å². The molecule has 3 aromatic carbocycles. The monoisotopic (exact) mass is 573 g/mol. The van der Waals surface area contributed by atoms with Crippen molar-refractivity contribution in [2.24, 2.45) is 5.14 Å². The molecule has 4 rings (SSSR count). The lowest BCUT2D eigenvalue weighted by Gasteiger charge is -2.28. The summed E-state index contributed by atoms with van der Waals surface area (Å²) in [4.78, 5) is 41.9. The zero-order valence-corrected chi connectivity index (χ0v) is 21.2. The van der Waals surface area contributed by atoms with Gasteiger partial charge in [0.25, 0.3) is 11.8 Å². The highest BCUT2D eigenvalue weighted by atomic mass is 79.9. The molecule has 0 aromatic heterocycles. The zero-order chi connectivity index (χ0) is 26.0. The average molecular weight is 574 g/mol. The number of primary sulfonamides is 1. The Balaban J connectivity index is 1.62. The standard InChI is InChI=1S/C25H21BrFN3O5S/c26-18-5-9-20(10-6-18)30-23(31)15-22(25(30)33)29(24(32)17-3-7-19(27)8-4-17)14-13-16-1-11-21(12-2-16)36(28,34)35/h1-12,22H,13-15H2,(H2,28,34,35). The lowest BCUT2D eigenvalue weighted by atomic mass is 10.1. The number of anilines is 1. The molecule has 1 unspecified atom stereocenters. The van der Waals surface area contributed by atoms with Crippen LogP contribution in [0.25, 0.3) is 0 Å². The van der Waals surface area contributed by atoms with Crippen molar-refractivity contribution in [2.75, 3.05) is 11.4 Å². The number of sulfonamides is 1. The molecule has 8 nitrogen and oxygen atoms in total. The quantitative estimate of drug-likeness (QED) is 0.435. The first-order chi connectivity index (χ1) is 17.0. The van der Waals surface area contributed by atoms with Gasteiger partial charge in [0.1, 0.15) is 11.9 Å². The zero-order valence-electron chi connectivity index (χ0n) is 18.8. The van der Waals surface area contributed by atoms with Crippen molar-refractivity contribution in [3.05, 3.63) is 94.2 Å². The van der Waals surface area contributed by atoms with Gasteiger partial charge in [-0.1, -0.05) is 28.1 Å². The summed E-state index contributed by atoms with van der Waals surface area (Å²) in [6.45, 7) is 0.0583. The molecule has 0 aliphatic carbocycles. The molecule has 11 heteroatoms. The summed E-state index contributed by atoms with van der Waals surface area (Å²) >= 11 is 3.32. The summed E-state index contributed by atoms with van der Waals surface area (Å²) in [6, 6.07) is 16.4. The Kier molecular flexibility index (Phi) is 7.34. The fourth-order valence-electron chi connectivity index (χ4n) is 3.97. The van der Waals surface area contributed by atoms with Crippen LogP contribution in [0.15, 0.2) is 82.2 Å². The van der Waals surface area contributed by atoms with E-state index in [4.69, 9.17) is 5.14 Å². The summed E-state index contributed by atoms with van der Waals surface area (Å²) in [5.41, 5.74) is 1.26. The molecule has 36 heavy (non-hydrogen) atoms. The molecule has 1 atom stereocenters. The van der Waals surface area contributed by atoms with Gasteiger partial charge in [0.05, 0.1) is 17.0 Å². The normalized spacial score (nSPS) is 15.9. The maximum atomic E-state index is 13.4. The molecular weight excluding hydrogens is 553 g/mol. The van der Waals surface area contributed by atoms with E-state index in [0.717, 1.165) is 21.5 Å². The van der Waals surface area contributed by atoms with Crippen molar-refractivity contribution >= 4 is 49.4 Å². The smallest absolute Gasteiger partial charge is 0.257 e. The van der Waals surface area contributed by atoms with Crippen molar-refractivity contribution < 1.29 is 27.2 Å². The number of nitrogens with zero attached hydrogens (tertiary/aromatic N) is 2. The van der Waals surface area contributed by atoms with Gasteiger partial charge >= 0.3 is 0 Å². The maximum Gasteiger partial charge on any atom is 0.257 e. The Morgan fingerprint density at radius 2 is 1.61 bits per heavy atom. The highest BCUT2D eigenvalue weighted by molar-refractivity contribution is 9.10. The topological polar surface area (TPSA) is 118 Å². The number of carbonyl (C=O) groups excluding carboxylic acids is 3. The third kappa shape index (κ3) is 5.53. The molecule has 0 saturated carbocycles. The van der Waals surface area contributed by atoms with Crippen LogP contribution in [0.3, 0.4) is 0 Å². The Hall–Kier alpha value is -3.41. The van der Waals surface area contributed by atoms with Crippen LogP contribution in [0.2, 0.25) is 0 Å². The molecule has 0 radical (unpaired) electrons. The van der Waals surface area contributed by atoms with Crippen LogP contribution >= 0.6 is 15.9 Å². The number of carbonyl (C=O) groups is 3. The Morgan fingerprint density at radius 1 is 1.00 bits per heavy atom. The number of amides is 3. The van der Waals surface area contributed by atoms with E-state index in [1.807, 2.05) is 0 Å². The van der Waals surface area contributed by atoms with Gasteiger partial charge in [-0.3, -0.25) is 14.4 Å². The molecule has 2 N–H and O–H groups in total. The van der Waals surface area contributed by atoms with Gasteiger partial charge in [-0.15, -0.1) is 0 Å². The largest absolute Gasteiger partial charge is 0.326 e. The van der Waals surface area contributed by atoms with Gasteiger partial charge in [-0.05, 0) is 72.6 Å². The number of imide groups is 1. The molecule has 3 amide bonds. The van der Waals surface area contributed by atoms with Gasteiger partial charge in [0.15, 0.2) is 0 Å². The Bertz CT molecular complexity index is 1410. The first-order valence-electron chi connectivity index (χ1n) is 10.9. The van der Waals surface area contributed by atoms with Crippen molar-refractivity contribution in [1.82, 2.24) is 4.90 Å². The lowest BCUT2D eigenvalue weighted by molar-refractivity contribution is -0.122. The molecular formula is C25H21BrFN3O5S. The molecule has 1 fully saturated rings. The minimum atomic E-state index is -3.85. The van der Waals surface area contributed by atoms with Crippen LogP contribution in [0, 0.1) is 5.82 Å². The number of hydrogen-bond donors (Lipinski definition) is 1. The molecule has 0 bridgehead atoms. The maximum absolute atomic E-state index is 13.4. The number of halogens is 2. The Labute approximate surface area is 215 Å². The van der Waals surface area contributed by atoms with Crippen molar-refractivity contribution in [3.63, 3.8) is 0 Å². The van der Waals surface area contributed by atoms with Gasteiger partial charge in [0, 0.05) is 16.6 Å². The molecule has 0 spiro atoms. The van der Waals surface area contributed by atoms with E-state index in [1.165, 1.54) is 29.2 Å². The molecule has 186 valence electrons. The number of benzene rings is 3. The van der Waals surface area contributed by atoms with Gasteiger partial charge in [-0.25, -0.2) is 22.8 Å². The van der Waals surface area contributed by atoms with Crippen LogP contribution in [0.4, 0.5) is 10.1 Å². The van der Waals surface area contributed by atoms with Gasteiger partial charge in [0.2, 0.25) is 15.9 Å². The van der Waals surface area contributed by atoms with Crippen LogP contribution in [-0.2, 0) is 26.0 Å². The predicted octanol–water partition coefficient (Wildman–Crippen LogP) is 3.25. The summed E-state index contributed by atoms with van der Waals surface area (Å²) < 4.78 is 37.2. The minimum Gasteiger partial charge on any atom is -0.326 e. The summed E-state index contributed by atoms with van der Waals surface area (Å²) in [5, 5.41) is 5.14. The summed E-state index contributed by atoms with van der Waals surface area (Å²) in [5.74, 6) is -2.02. The molecule has 1 heterocycles. The van der Waals surface area contributed by atoms with E-state index in [-0.39, 0.29) is 29.8 Å². The van der Waals surface area contributed by atoms with E-state index in [1.54, 1.807) is 36.4 Å². The second-order valence-corrected chi connectivity index (χ2v) is 10.7. The summed E-state index contributed by atoms with van der Waals surface area (Å²) in [6.07, 6.45) is 0.0697. The number of nitrogens with two attached hydrogens (primary N) is 1. The minimum absolute atomic E-state index is 0.0489. The second kappa shape index (κ2) is 10.3. The third-order valence-electron chi connectivity index (χ3n) is 5.83. The van der Waals surface area contributed by atoms with E-state index < -0.39 is 39.6 Å². The fourth-order valence-corrected chi connectivity index (χ4v) is 4.75. The van der Waals surface area contributed by atoms with E-state index in [9.17, 15) is 27.2 Å². The van der Waals surface area contributed by atoms with Gasteiger partial charge < -0.3 is 4.90 Å². The molecule has 1 aliphatic heterocycles. The number of rotatable bonds is 7. The van der Waals surface area contributed by atoms with Crippen LogP contribution < -0.4 is 10.0 Å². The Morgan fingerprint density at radius 3 is 2.19 bits per heavy atom. The second-order valence-electron chi connectivity index (χ2n) is 8.21.